The van der Waals surface area contributed by atoms with Gasteiger partial charge in [-0.25, -0.2) is 4.98 Å². The maximum Gasteiger partial charge on any atom is 0.192 e. The predicted octanol–water partition coefficient (Wildman–Crippen LogP) is 1.84. The number of hydrogen-bond donors (Lipinski definition) is 0. The van der Waals surface area contributed by atoms with Crippen LogP contribution >= 0.6 is 0 Å². The topological polar surface area (TPSA) is 75.2 Å². The number of para-hydroxylation sites is 1. The lowest BCUT2D eigenvalue weighted by Crippen LogP contribution is -2.19. The van der Waals surface area contributed by atoms with Crippen LogP contribution in [-0.4, -0.2) is 26.4 Å². The second-order valence-corrected chi connectivity index (χ2v) is 4.86. The zero-order valence-corrected chi connectivity index (χ0v) is 11.6. The molecule has 0 N–H and O–H groups in total. The first-order chi connectivity index (χ1) is 10.3. The zero-order valence-electron chi connectivity index (χ0n) is 11.6. The standard InChI is InChI=1S/C14H14N4O3/c1-9-15-14-10(3-2-4-11(14)21-9)20-8-13-17-16-12-7-19-6-5-18(12)13/h2-4H,5-8H2,1H3. The second-order valence-electron chi connectivity index (χ2n) is 4.86. The molecular weight excluding hydrogens is 272 g/mol. The quantitative estimate of drug-likeness (QED) is 0.731. The summed E-state index contributed by atoms with van der Waals surface area (Å²) in [6.45, 7) is 4.10. The number of aryl methyl sites for hydroxylation is 1. The van der Waals surface area contributed by atoms with Gasteiger partial charge in [-0.3, -0.25) is 0 Å². The lowest BCUT2D eigenvalue weighted by Gasteiger charge is -2.15. The maximum atomic E-state index is 5.86. The summed E-state index contributed by atoms with van der Waals surface area (Å²) < 4.78 is 18.7. The van der Waals surface area contributed by atoms with Gasteiger partial charge in [0.2, 0.25) is 0 Å². The van der Waals surface area contributed by atoms with Crippen molar-refractivity contribution in [2.75, 3.05) is 6.61 Å². The molecule has 1 aliphatic rings. The van der Waals surface area contributed by atoms with E-state index >= 15 is 0 Å². The molecule has 4 rings (SSSR count). The third-order valence-corrected chi connectivity index (χ3v) is 3.44. The van der Waals surface area contributed by atoms with E-state index < -0.39 is 0 Å². The highest BCUT2D eigenvalue weighted by Crippen LogP contribution is 2.26. The Kier molecular flexibility index (Phi) is 2.85. The van der Waals surface area contributed by atoms with E-state index in [2.05, 4.69) is 15.2 Å². The Morgan fingerprint density at radius 1 is 1.33 bits per heavy atom. The molecule has 0 spiro atoms. The van der Waals surface area contributed by atoms with Gasteiger partial charge in [0.1, 0.15) is 19.0 Å². The van der Waals surface area contributed by atoms with E-state index in [0.717, 1.165) is 29.3 Å². The fraction of sp³-hybridized carbons (Fsp3) is 0.357. The maximum absolute atomic E-state index is 5.86. The summed E-state index contributed by atoms with van der Waals surface area (Å²) in [5.41, 5.74) is 1.46. The first-order valence-corrected chi connectivity index (χ1v) is 6.79. The Balaban J connectivity index is 1.60. The smallest absolute Gasteiger partial charge is 0.192 e. The lowest BCUT2D eigenvalue weighted by molar-refractivity contribution is 0.0794. The van der Waals surface area contributed by atoms with Crippen molar-refractivity contribution in [2.24, 2.45) is 0 Å². The summed E-state index contributed by atoms with van der Waals surface area (Å²) in [6.07, 6.45) is 0. The fourth-order valence-electron chi connectivity index (χ4n) is 2.46. The Bertz CT molecular complexity index is 793. The van der Waals surface area contributed by atoms with E-state index in [4.69, 9.17) is 13.9 Å². The van der Waals surface area contributed by atoms with Crippen molar-refractivity contribution in [3.8, 4) is 5.75 Å². The predicted molar refractivity (Wildman–Crippen MR) is 72.8 cm³/mol. The molecule has 108 valence electrons. The summed E-state index contributed by atoms with van der Waals surface area (Å²) in [6, 6.07) is 5.63. The Morgan fingerprint density at radius 2 is 2.29 bits per heavy atom. The van der Waals surface area contributed by atoms with Crippen molar-refractivity contribution in [3.05, 3.63) is 35.7 Å². The van der Waals surface area contributed by atoms with E-state index in [-0.39, 0.29) is 0 Å². The molecule has 0 atom stereocenters. The van der Waals surface area contributed by atoms with Gasteiger partial charge in [0.25, 0.3) is 0 Å². The SMILES string of the molecule is Cc1nc2c(OCc3nnc4n3CCOC4)cccc2o1. The molecule has 0 amide bonds. The van der Waals surface area contributed by atoms with Crippen LogP contribution in [0.25, 0.3) is 11.1 Å². The van der Waals surface area contributed by atoms with Crippen molar-refractivity contribution in [1.29, 1.82) is 0 Å². The molecule has 0 aliphatic carbocycles. The van der Waals surface area contributed by atoms with Crippen molar-refractivity contribution in [1.82, 2.24) is 19.7 Å². The van der Waals surface area contributed by atoms with E-state index in [0.29, 0.717) is 31.5 Å². The first-order valence-electron chi connectivity index (χ1n) is 6.79. The van der Waals surface area contributed by atoms with Gasteiger partial charge in [0.05, 0.1) is 6.61 Å². The van der Waals surface area contributed by atoms with Crippen LogP contribution in [-0.2, 0) is 24.5 Å². The average molecular weight is 286 g/mol. The van der Waals surface area contributed by atoms with Gasteiger partial charge < -0.3 is 18.5 Å². The number of ether oxygens (including phenoxy) is 2. The van der Waals surface area contributed by atoms with E-state index in [1.54, 1.807) is 0 Å². The van der Waals surface area contributed by atoms with Crippen LogP contribution in [0.4, 0.5) is 0 Å². The van der Waals surface area contributed by atoms with E-state index in [1.165, 1.54) is 0 Å². The van der Waals surface area contributed by atoms with Crippen LogP contribution in [0, 0.1) is 6.92 Å². The molecule has 0 fully saturated rings. The Morgan fingerprint density at radius 3 is 3.24 bits per heavy atom. The third-order valence-electron chi connectivity index (χ3n) is 3.44. The number of nitrogens with zero attached hydrogens (tertiary/aromatic N) is 4. The van der Waals surface area contributed by atoms with Gasteiger partial charge in [-0.1, -0.05) is 6.07 Å². The minimum atomic E-state index is 0.345. The minimum absolute atomic E-state index is 0.345. The summed E-state index contributed by atoms with van der Waals surface area (Å²) in [5, 5.41) is 8.27. The molecule has 1 aliphatic heterocycles. The van der Waals surface area contributed by atoms with Gasteiger partial charge in [-0.2, -0.15) is 0 Å². The second kappa shape index (κ2) is 4.85. The molecule has 0 bridgehead atoms. The van der Waals surface area contributed by atoms with Gasteiger partial charge in [0.15, 0.2) is 28.6 Å². The molecule has 0 saturated carbocycles. The van der Waals surface area contributed by atoms with Gasteiger partial charge in [-0.15, -0.1) is 10.2 Å². The van der Waals surface area contributed by atoms with Crippen molar-refractivity contribution in [3.63, 3.8) is 0 Å². The van der Waals surface area contributed by atoms with Crippen LogP contribution in [0.5, 0.6) is 5.75 Å². The van der Waals surface area contributed by atoms with Crippen LogP contribution in [0.2, 0.25) is 0 Å². The molecule has 3 aromatic rings. The number of benzene rings is 1. The fourth-order valence-corrected chi connectivity index (χ4v) is 2.46. The molecule has 0 saturated heterocycles. The molecule has 7 heteroatoms. The number of oxazole rings is 1. The van der Waals surface area contributed by atoms with E-state index in [9.17, 15) is 0 Å². The lowest BCUT2D eigenvalue weighted by atomic mass is 10.3. The number of hydrogen-bond acceptors (Lipinski definition) is 6. The third kappa shape index (κ3) is 2.15. The minimum Gasteiger partial charge on any atom is -0.483 e. The molecule has 21 heavy (non-hydrogen) atoms. The van der Waals surface area contributed by atoms with E-state index in [1.807, 2.05) is 29.7 Å². The highest BCUT2D eigenvalue weighted by molar-refractivity contribution is 5.79. The van der Waals surface area contributed by atoms with Crippen LogP contribution < -0.4 is 4.74 Å². The Labute approximate surface area is 120 Å². The molecule has 0 radical (unpaired) electrons. The van der Waals surface area contributed by atoms with Gasteiger partial charge in [0, 0.05) is 13.5 Å². The number of fused-ring (bicyclic) bond motifs is 2. The first kappa shape index (κ1) is 12.3. The molecule has 1 aromatic carbocycles. The highest BCUT2D eigenvalue weighted by atomic mass is 16.5. The normalized spacial score (nSPS) is 14.3. The Hall–Kier alpha value is -2.41. The monoisotopic (exact) mass is 286 g/mol. The molecule has 7 nitrogen and oxygen atoms in total. The molecular formula is C14H14N4O3. The summed E-state index contributed by atoms with van der Waals surface area (Å²) in [5.74, 6) is 2.95. The molecule has 2 aromatic heterocycles. The van der Waals surface area contributed by atoms with Gasteiger partial charge in [-0.05, 0) is 12.1 Å². The largest absolute Gasteiger partial charge is 0.483 e. The zero-order chi connectivity index (χ0) is 14.2. The number of aromatic nitrogens is 4. The van der Waals surface area contributed by atoms with Crippen molar-refractivity contribution < 1.29 is 13.9 Å². The number of rotatable bonds is 3. The van der Waals surface area contributed by atoms with Gasteiger partial charge >= 0.3 is 0 Å². The summed E-state index contributed by atoms with van der Waals surface area (Å²) in [4.78, 5) is 4.35. The average Bonchev–Trinajstić information content (AvgIpc) is 3.07. The van der Waals surface area contributed by atoms with Crippen molar-refractivity contribution in [2.45, 2.75) is 26.7 Å². The molecule has 3 heterocycles. The summed E-state index contributed by atoms with van der Waals surface area (Å²) >= 11 is 0. The summed E-state index contributed by atoms with van der Waals surface area (Å²) in [7, 11) is 0. The van der Waals surface area contributed by atoms with Crippen LogP contribution in [0.3, 0.4) is 0 Å². The van der Waals surface area contributed by atoms with Crippen LogP contribution in [0.15, 0.2) is 22.6 Å². The highest BCUT2D eigenvalue weighted by Gasteiger charge is 2.17. The molecule has 0 unspecified atom stereocenters. The van der Waals surface area contributed by atoms with Crippen LogP contribution in [0.1, 0.15) is 17.5 Å². The van der Waals surface area contributed by atoms with Crippen molar-refractivity contribution >= 4 is 11.1 Å².